The Morgan fingerprint density at radius 1 is 1.30 bits per heavy atom. The SMILES string of the molecule is CCc1c[nH]c2ncnc(N3CCN(CC(F)(F)F)C(=O)C3)c12. The summed E-state index contributed by atoms with van der Waals surface area (Å²) in [4.78, 5) is 26.0. The molecule has 0 aromatic carbocycles. The lowest BCUT2D eigenvalue weighted by Crippen LogP contribution is -2.53. The molecule has 23 heavy (non-hydrogen) atoms. The lowest BCUT2D eigenvalue weighted by Gasteiger charge is -2.35. The zero-order chi connectivity index (χ0) is 16.6. The van der Waals surface area contributed by atoms with Crippen molar-refractivity contribution in [1.29, 1.82) is 0 Å². The van der Waals surface area contributed by atoms with E-state index in [2.05, 4.69) is 15.0 Å². The number of aryl methyl sites for hydroxylation is 1. The summed E-state index contributed by atoms with van der Waals surface area (Å²) in [5.74, 6) is 0.0435. The third-order valence-electron chi connectivity index (χ3n) is 3.90. The number of H-pyrrole nitrogens is 1. The number of amides is 1. The maximum atomic E-state index is 12.5. The smallest absolute Gasteiger partial charge is 0.346 e. The van der Waals surface area contributed by atoms with E-state index in [1.807, 2.05) is 13.1 Å². The number of fused-ring (bicyclic) bond motifs is 1. The molecule has 1 N–H and O–H groups in total. The van der Waals surface area contributed by atoms with Crippen LogP contribution in [0.5, 0.6) is 0 Å². The maximum absolute atomic E-state index is 12.5. The summed E-state index contributed by atoms with van der Waals surface area (Å²) in [5, 5.41) is 0.826. The van der Waals surface area contributed by atoms with E-state index in [4.69, 9.17) is 0 Å². The number of nitrogens with one attached hydrogen (secondary N) is 1. The number of anilines is 1. The van der Waals surface area contributed by atoms with Crippen molar-refractivity contribution in [3.8, 4) is 0 Å². The van der Waals surface area contributed by atoms with E-state index in [0.717, 1.165) is 22.3 Å². The van der Waals surface area contributed by atoms with Crippen LogP contribution in [0.25, 0.3) is 11.0 Å². The summed E-state index contributed by atoms with van der Waals surface area (Å²) in [6.45, 7) is 1.00. The first kappa shape index (κ1) is 15.6. The predicted molar refractivity (Wildman–Crippen MR) is 78.1 cm³/mol. The molecule has 0 unspecified atom stereocenters. The molecule has 3 heterocycles. The van der Waals surface area contributed by atoms with Gasteiger partial charge in [0.05, 0.1) is 11.9 Å². The van der Waals surface area contributed by atoms with Crippen LogP contribution in [0.1, 0.15) is 12.5 Å². The molecule has 6 nitrogen and oxygen atoms in total. The number of nitrogens with zero attached hydrogens (tertiary/aromatic N) is 4. The summed E-state index contributed by atoms with van der Waals surface area (Å²) in [7, 11) is 0. The van der Waals surface area contributed by atoms with Crippen LogP contribution in [-0.4, -0.2) is 58.1 Å². The van der Waals surface area contributed by atoms with Gasteiger partial charge in [0, 0.05) is 19.3 Å². The first-order chi connectivity index (χ1) is 10.9. The van der Waals surface area contributed by atoms with Gasteiger partial charge in [-0.05, 0) is 12.0 Å². The molecule has 2 aromatic heterocycles. The number of aromatic nitrogens is 3. The Morgan fingerprint density at radius 3 is 2.74 bits per heavy atom. The van der Waals surface area contributed by atoms with Crippen LogP contribution in [0.3, 0.4) is 0 Å². The molecule has 2 aromatic rings. The highest BCUT2D eigenvalue weighted by Crippen LogP contribution is 2.28. The lowest BCUT2D eigenvalue weighted by molar-refractivity contribution is -0.161. The van der Waals surface area contributed by atoms with E-state index in [1.54, 1.807) is 4.90 Å². The number of carbonyl (C=O) groups excluding carboxylic acids is 1. The molecule has 1 aliphatic rings. The highest BCUT2D eigenvalue weighted by molar-refractivity contribution is 5.93. The second kappa shape index (κ2) is 5.71. The van der Waals surface area contributed by atoms with Gasteiger partial charge in [-0.3, -0.25) is 4.79 Å². The van der Waals surface area contributed by atoms with Gasteiger partial charge in [0.1, 0.15) is 24.3 Å². The van der Waals surface area contributed by atoms with Crippen LogP contribution in [0.15, 0.2) is 12.5 Å². The summed E-state index contributed by atoms with van der Waals surface area (Å²) >= 11 is 0. The van der Waals surface area contributed by atoms with Crippen LogP contribution < -0.4 is 4.90 Å². The van der Waals surface area contributed by atoms with E-state index in [0.29, 0.717) is 18.0 Å². The van der Waals surface area contributed by atoms with Gasteiger partial charge >= 0.3 is 6.18 Å². The Morgan fingerprint density at radius 2 is 2.09 bits per heavy atom. The molecule has 0 spiro atoms. The fourth-order valence-corrected chi connectivity index (χ4v) is 2.80. The highest BCUT2D eigenvalue weighted by atomic mass is 19.4. The van der Waals surface area contributed by atoms with Gasteiger partial charge in [0.25, 0.3) is 0 Å². The van der Waals surface area contributed by atoms with E-state index in [1.165, 1.54) is 6.33 Å². The van der Waals surface area contributed by atoms with Crippen LogP contribution in [0.2, 0.25) is 0 Å². The Balaban J connectivity index is 1.85. The summed E-state index contributed by atoms with van der Waals surface area (Å²) in [6.07, 6.45) is -0.386. The van der Waals surface area contributed by atoms with Crippen LogP contribution in [0, 0.1) is 0 Å². The van der Waals surface area contributed by atoms with Crippen molar-refractivity contribution in [1.82, 2.24) is 19.9 Å². The van der Waals surface area contributed by atoms with E-state index < -0.39 is 18.6 Å². The molecule has 3 rings (SSSR count). The van der Waals surface area contributed by atoms with Crippen molar-refractivity contribution < 1.29 is 18.0 Å². The molecule has 1 aliphatic heterocycles. The van der Waals surface area contributed by atoms with Gasteiger partial charge in [-0.1, -0.05) is 6.92 Å². The van der Waals surface area contributed by atoms with E-state index in [-0.39, 0.29) is 13.1 Å². The van der Waals surface area contributed by atoms with Gasteiger partial charge in [-0.15, -0.1) is 0 Å². The topological polar surface area (TPSA) is 65.1 Å². The fraction of sp³-hybridized carbons (Fsp3) is 0.500. The minimum absolute atomic E-state index is 0.0235. The molecular weight excluding hydrogens is 311 g/mol. The van der Waals surface area contributed by atoms with Crippen LogP contribution in [-0.2, 0) is 11.2 Å². The van der Waals surface area contributed by atoms with Crippen molar-refractivity contribution >= 4 is 22.8 Å². The van der Waals surface area contributed by atoms with Crippen molar-refractivity contribution in [2.24, 2.45) is 0 Å². The summed E-state index contributed by atoms with van der Waals surface area (Å²) in [6, 6.07) is 0. The van der Waals surface area contributed by atoms with Crippen molar-refractivity contribution in [3.05, 3.63) is 18.1 Å². The molecule has 1 amide bonds. The number of carbonyl (C=O) groups is 1. The second-order valence-corrected chi connectivity index (χ2v) is 5.44. The number of hydrogen-bond acceptors (Lipinski definition) is 4. The van der Waals surface area contributed by atoms with Crippen molar-refractivity contribution in [3.63, 3.8) is 0 Å². The zero-order valence-corrected chi connectivity index (χ0v) is 12.5. The Labute approximate surface area is 130 Å². The molecule has 0 saturated carbocycles. The number of aromatic amines is 1. The first-order valence-corrected chi connectivity index (χ1v) is 7.29. The number of hydrogen-bond donors (Lipinski definition) is 1. The van der Waals surface area contributed by atoms with Gasteiger partial charge in [-0.25, -0.2) is 9.97 Å². The lowest BCUT2D eigenvalue weighted by atomic mass is 10.1. The Hall–Kier alpha value is -2.32. The van der Waals surface area contributed by atoms with Crippen molar-refractivity contribution in [2.45, 2.75) is 19.5 Å². The van der Waals surface area contributed by atoms with E-state index >= 15 is 0 Å². The van der Waals surface area contributed by atoms with Crippen LogP contribution in [0.4, 0.5) is 19.0 Å². The minimum Gasteiger partial charge on any atom is -0.346 e. The summed E-state index contributed by atoms with van der Waals surface area (Å²) < 4.78 is 37.4. The molecule has 0 atom stereocenters. The Bertz CT molecular complexity index is 727. The number of rotatable bonds is 3. The quantitative estimate of drug-likeness (QED) is 0.932. The number of halogens is 3. The maximum Gasteiger partial charge on any atom is 0.406 e. The second-order valence-electron chi connectivity index (χ2n) is 5.44. The van der Waals surface area contributed by atoms with Gasteiger partial charge in [-0.2, -0.15) is 13.2 Å². The standard InChI is InChI=1S/C14H16F3N5O/c1-2-9-5-18-12-11(9)13(20-8-19-12)21-3-4-22(10(23)6-21)7-14(15,16)17/h5,8H,2-4,6-7H2,1H3,(H,18,19,20). The average Bonchev–Trinajstić information content (AvgIpc) is 2.91. The molecule has 124 valence electrons. The van der Waals surface area contributed by atoms with Crippen LogP contribution >= 0.6 is 0 Å². The largest absolute Gasteiger partial charge is 0.406 e. The van der Waals surface area contributed by atoms with Crippen molar-refractivity contribution in [2.75, 3.05) is 31.1 Å². The fourth-order valence-electron chi connectivity index (χ4n) is 2.80. The van der Waals surface area contributed by atoms with Gasteiger partial charge < -0.3 is 14.8 Å². The summed E-state index contributed by atoms with van der Waals surface area (Å²) in [5.41, 5.74) is 1.68. The molecule has 0 bridgehead atoms. The average molecular weight is 327 g/mol. The highest BCUT2D eigenvalue weighted by Gasteiger charge is 2.36. The van der Waals surface area contributed by atoms with Gasteiger partial charge in [0.2, 0.25) is 5.91 Å². The third-order valence-corrected chi connectivity index (χ3v) is 3.90. The molecule has 1 saturated heterocycles. The molecule has 1 fully saturated rings. The molecule has 0 radical (unpaired) electrons. The molecule has 9 heteroatoms. The third kappa shape index (κ3) is 3.08. The zero-order valence-electron chi connectivity index (χ0n) is 12.5. The molecular formula is C14H16F3N5O. The number of alkyl halides is 3. The van der Waals surface area contributed by atoms with E-state index in [9.17, 15) is 18.0 Å². The Kier molecular flexibility index (Phi) is 3.87. The molecule has 0 aliphatic carbocycles. The number of piperazine rings is 1. The normalized spacial score (nSPS) is 16.4. The first-order valence-electron chi connectivity index (χ1n) is 7.29. The monoisotopic (exact) mass is 327 g/mol. The minimum atomic E-state index is -4.38. The van der Waals surface area contributed by atoms with Gasteiger partial charge in [0.15, 0.2) is 0 Å². The predicted octanol–water partition coefficient (Wildman–Crippen LogP) is 1.73.